The van der Waals surface area contributed by atoms with Crippen LogP contribution >= 0.6 is 0 Å². The molecule has 2 aliphatic rings. The third-order valence-electron chi connectivity index (χ3n) is 6.42. The van der Waals surface area contributed by atoms with E-state index in [4.69, 9.17) is 4.74 Å². The topological polar surface area (TPSA) is 41.6 Å². The second-order valence-corrected chi connectivity index (χ2v) is 8.38. The van der Waals surface area contributed by atoms with Gasteiger partial charge in [-0.15, -0.1) is 0 Å². The lowest BCUT2D eigenvalue weighted by atomic mass is 9.78. The minimum Gasteiger partial charge on any atom is -0.494 e. The second kappa shape index (κ2) is 9.45. The smallest absolute Gasteiger partial charge is 0.235 e. The molecule has 2 aromatic rings. The number of hydrogen-bond donors (Lipinski definition) is 1. The summed E-state index contributed by atoms with van der Waals surface area (Å²) in [5.41, 5.74) is 1.57. The van der Waals surface area contributed by atoms with Crippen molar-refractivity contribution < 1.29 is 9.53 Å². The monoisotopic (exact) mass is 392 g/mol. The van der Waals surface area contributed by atoms with Crippen LogP contribution < -0.4 is 10.1 Å². The van der Waals surface area contributed by atoms with Gasteiger partial charge in [0.1, 0.15) is 5.75 Å². The molecule has 1 saturated carbocycles. The lowest BCUT2D eigenvalue weighted by molar-refractivity contribution is -0.121. The van der Waals surface area contributed by atoms with E-state index in [1.807, 2.05) is 42.5 Å². The molecule has 0 atom stereocenters. The number of ether oxygens (including phenoxy) is 1. The van der Waals surface area contributed by atoms with E-state index in [0.717, 1.165) is 62.3 Å². The normalized spacial score (nSPS) is 18.6. The number of likely N-dealkylation sites (tertiary alicyclic amines) is 1. The Bertz CT molecular complexity index is 776. The van der Waals surface area contributed by atoms with Crippen molar-refractivity contribution in [3.8, 4) is 5.75 Å². The van der Waals surface area contributed by atoms with Crippen molar-refractivity contribution in [3.63, 3.8) is 0 Å². The van der Waals surface area contributed by atoms with Crippen LogP contribution in [0.5, 0.6) is 5.75 Å². The van der Waals surface area contributed by atoms with E-state index in [2.05, 4.69) is 22.3 Å². The van der Waals surface area contributed by atoms with Crippen molar-refractivity contribution in [1.82, 2.24) is 4.90 Å². The Hall–Kier alpha value is -2.33. The van der Waals surface area contributed by atoms with Crippen LogP contribution in [-0.4, -0.2) is 37.0 Å². The summed E-state index contributed by atoms with van der Waals surface area (Å²) in [6.45, 7) is 4.33. The molecule has 29 heavy (non-hydrogen) atoms. The van der Waals surface area contributed by atoms with Gasteiger partial charge in [0.2, 0.25) is 5.91 Å². The van der Waals surface area contributed by atoms with Crippen LogP contribution in [0.15, 0.2) is 54.6 Å². The molecule has 1 aliphatic carbocycles. The Kier molecular flexibility index (Phi) is 6.50. The Morgan fingerprint density at radius 2 is 1.62 bits per heavy atom. The standard InChI is InChI=1S/C25H32N2O2/c28-24(25(15-4-5-16-25)21-9-2-1-3-10-21)26-22-11-13-23(14-12-22)29-20-8-19-27-17-6-7-18-27/h1-3,9-14H,4-8,15-20H2,(H,26,28). The van der Waals surface area contributed by atoms with Gasteiger partial charge in [-0.3, -0.25) is 4.79 Å². The van der Waals surface area contributed by atoms with Gasteiger partial charge < -0.3 is 15.0 Å². The van der Waals surface area contributed by atoms with Crippen molar-refractivity contribution in [2.24, 2.45) is 0 Å². The number of amides is 1. The quantitative estimate of drug-likeness (QED) is 0.643. The Morgan fingerprint density at radius 3 is 2.31 bits per heavy atom. The van der Waals surface area contributed by atoms with Crippen LogP contribution in [-0.2, 0) is 10.2 Å². The van der Waals surface area contributed by atoms with Gasteiger partial charge in [0.25, 0.3) is 0 Å². The highest BCUT2D eigenvalue weighted by Gasteiger charge is 2.42. The minimum absolute atomic E-state index is 0.112. The molecule has 4 nitrogen and oxygen atoms in total. The highest BCUT2D eigenvalue weighted by molar-refractivity contribution is 5.99. The summed E-state index contributed by atoms with van der Waals surface area (Å²) in [7, 11) is 0. The Morgan fingerprint density at radius 1 is 0.931 bits per heavy atom. The van der Waals surface area contributed by atoms with Crippen LogP contribution in [0.3, 0.4) is 0 Å². The molecule has 4 heteroatoms. The largest absolute Gasteiger partial charge is 0.494 e. The number of carbonyl (C=O) groups is 1. The van der Waals surface area contributed by atoms with Crippen molar-refractivity contribution in [2.45, 2.75) is 50.4 Å². The fraction of sp³-hybridized carbons (Fsp3) is 0.480. The van der Waals surface area contributed by atoms with Gasteiger partial charge >= 0.3 is 0 Å². The molecule has 154 valence electrons. The first-order valence-corrected chi connectivity index (χ1v) is 11.1. The van der Waals surface area contributed by atoms with E-state index in [1.165, 1.54) is 25.9 Å². The van der Waals surface area contributed by atoms with Gasteiger partial charge in [0.05, 0.1) is 12.0 Å². The van der Waals surface area contributed by atoms with Gasteiger partial charge in [-0.25, -0.2) is 0 Å². The summed E-state index contributed by atoms with van der Waals surface area (Å²) >= 11 is 0. The zero-order valence-electron chi connectivity index (χ0n) is 17.2. The zero-order chi connectivity index (χ0) is 19.9. The first-order chi connectivity index (χ1) is 14.3. The fourth-order valence-corrected chi connectivity index (χ4v) is 4.75. The van der Waals surface area contributed by atoms with Gasteiger partial charge in [0, 0.05) is 12.2 Å². The molecule has 2 fully saturated rings. The molecule has 4 rings (SSSR count). The molecule has 0 radical (unpaired) electrons. The number of nitrogens with zero attached hydrogens (tertiary/aromatic N) is 1. The second-order valence-electron chi connectivity index (χ2n) is 8.38. The third-order valence-corrected chi connectivity index (χ3v) is 6.42. The Labute approximate surface area is 174 Å². The highest BCUT2D eigenvalue weighted by Crippen LogP contribution is 2.42. The maximum absolute atomic E-state index is 13.2. The van der Waals surface area contributed by atoms with E-state index in [1.54, 1.807) is 0 Å². The van der Waals surface area contributed by atoms with Crippen molar-refractivity contribution in [1.29, 1.82) is 0 Å². The van der Waals surface area contributed by atoms with Gasteiger partial charge in [-0.05, 0) is 75.0 Å². The summed E-state index contributed by atoms with van der Waals surface area (Å²) in [6, 6.07) is 18.0. The number of carbonyl (C=O) groups excluding carboxylic acids is 1. The number of hydrogen-bond acceptors (Lipinski definition) is 3. The molecule has 1 heterocycles. The molecule has 1 saturated heterocycles. The molecular formula is C25H32N2O2. The first-order valence-electron chi connectivity index (χ1n) is 11.1. The summed E-state index contributed by atoms with van der Waals surface area (Å²) in [4.78, 5) is 15.7. The average molecular weight is 393 g/mol. The Balaban J connectivity index is 1.31. The SMILES string of the molecule is O=C(Nc1ccc(OCCCN2CCCC2)cc1)C1(c2ccccc2)CCCC1. The minimum atomic E-state index is -0.397. The van der Waals surface area contributed by atoms with Crippen LogP contribution in [0.1, 0.15) is 50.5 Å². The van der Waals surface area contributed by atoms with Crippen LogP contribution in [0.4, 0.5) is 5.69 Å². The predicted octanol–water partition coefficient (Wildman–Crippen LogP) is 5.00. The van der Waals surface area contributed by atoms with Crippen molar-refractivity contribution in [3.05, 3.63) is 60.2 Å². The van der Waals surface area contributed by atoms with E-state index in [9.17, 15) is 4.79 Å². The van der Waals surface area contributed by atoms with E-state index in [0.29, 0.717) is 0 Å². The lowest BCUT2D eigenvalue weighted by Gasteiger charge is -2.28. The molecule has 2 aromatic carbocycles. The third kappa shape index (κ3) is 4.81. The molecule has 1 aliphatic heterocycles. The summed E-state index contributed by atoms with van der Waals surface area (Å²) in [5.74, 6) is 0.976. The molecule has 1 amide bonds. The maximum Gasteiger partial charge on any atom is 0.235 e. The average Bonchev–Trinajstić information content (AvgIpc) is 3.46. The van der Waals surface area contributed by atoms with Gasteiger partial charge in [-0.2, -0.15) is 0 Å². The van der Waals surface area contributed by atoms with Crippen LogP contribution in [0.2, 0.25) is 0 Å². The highest BCUT2D eigenvalue weighted by atomic mass is 16.5. The van der Waals surface area contributed by atoms with Crippen LogP contribution in [0, 0.1) is 0 Å². The first kappa shape index (κ1) is 20.0. The maximum atomic E-state index is 13.2. The molecule has 0 aromatic heterocycles. The van der Waals surface area contributed by atoms with Crippen molar-refractivity contribution in [2.75, 3.05) is 31.6 Å². The van der Waals surface area contributed by atoms with E-state index < -0.39 is 5.41 Å². The predicted molar refractivity (Wildman–Crippen MR) is 117 cm³/mol. The lowest BCUT2D eigenvalue weighted by Crippen LogP contribution is -2.37. The van der Waals surface area contributed by atoms with Crippen LogP contribution in [0.25, 0.3) is 0 Å². The number of anilines is 1. The van der Waals surface area contributed by atoms with E-state index in [-0.39, 0.29) is 5.91 Å². The summed E-state index contributed by atoms with van der Waals surface area (Å²) in [6.07, 6.45) is 7.76. The van der Waals surface area contributed by atoms with Crippen molar-refractivity contribution >= 4 is 11.6 Å². The fourth-order valence-electron chi connectivity index (χ4n) is 4.75. The molecule has 0 bridgehead atoms. The summed E-state index contributed by atoms with van der Waals surface area (Å²) < 4.78 is 5.88. The zero-order valence-corrected chi connectivity index (χ0v) is 17.2. The molecular weight excluding hydrogens is 360 g/mol. The van der Waals surface area contributed by atoms with Gasteiger partial charge in [0.15, 0.2) is 0 Å². The van der Waals surface area contributed by atoms with Gasteiger partial charge in [-0.1, -0.05) is 43.2 Å². The summed E-state index contributed by atoms with van der Waals surface area (Å²) in [5, 5.41) is 3.15. The molecule has 0 spiro atoms. The number of rotatable bonds is 8. The number of nitrogens with one attached hydrogen (secondary N) is 1. The number of benzene rings is 2. The molecule has 1 N–H and O–H groups in total. The van der Waals surface area contributed by atoms with E-state index >= 15 is 0 Å². The molecule has 0 unspecified atom stereocenters.